The first kappa shape index (κ1) is 23.5. The first-order chi connectivity index (χ1) is 17.3. The van der Waals surface area contributed by atoms with Crippen molar-refractivity contribution in [2.24, 2.45) is 0 Å². The van der Waals surface area contributed by atoms with Crippen molar-refractivity contribution >= 4 is 62.1 Å². The number of hydrogen-bond acceptors (Lipinski definition) is 7. The quantitative estimate of drug-likeness (QED) is 0.191. The molecule has 0 atom stereocenters. The Balaban J connectivity index is 1.57. The number of ether oxygens (including phenoxy) is 1. The summed E-state index contributed by atoms with van der Waals surface area (Å²) in [6.07, 6.45) is 0. The predicted molar refractivity (Wildman–Crippen MR) is 135 cm³/mol. The van der Waals surface area contributed by atoms with Crippen LogP contribution in [0.25, 0.3) is 10.1 Å². The minimum absolute atomic E-state index is 0.125. The average Bonchev–Trinajstić information content (AvgIpc) is 3.35. The molecule has 0 unspecified atom stereocenters. The van der Waals surface area contributed by atoms with Crippen molar-refractivity contribution in [3.63, 3.8) is 0 Å². The molecule has 9 nitrogen and oxygen atoms in total. The molecule has 0 saturated carbocycles. The third-order valence-corrected chi connectivity index (χ3v) is 7.45. The van der Waals surface area contributed by atoms with Crippen LogP contribution in [0.4, 0.5) is 11.4 Å². The predicted octanol–water partition coefficient (Wildman–Crippen LogP) is 5.37. The summed E-state index contributed by atoms with van der Waals surface area (Å²) in [5, 5.41) is 11.8. The van der Waals surface area contributed by atoms with Crippen LogP contribution >= 0.6 is 22.9 Å². The van der Waals surface area contributed by atoms with Gasteiger partial charge in [-0.15, -0.1) is 11.3 Å². The molecule has 0 saturated heterocycles. The van der Waals surface area contributed by atoms with Gasteiger partial charge in [-0.05, 0) is 42.5 Å². The number of non-ortho nitro benzene ring substituents is 1. The van der Waals surface area contributed by atoms with Gasteiger partial charge in [-0.25, -0.2) is 0 Å². The first-order valence-electron chi connectivity index (χ1n) is 10.6. The number of rotatable bonds is 6. The Morgan fingerprint density at radius 1 is 1.06 bits per heavy atom. The third-order valence-electron chi connectivity index (χ3n) is 5.81. The topological polar surface area (TPSA) is 110 Å². The number of halogens is 1. The lowest BCUT2D eigenvalue weighted by Gasteiger charge is -2.27. The molecule has 0 radical (unpaired) electrons. The van der Waals surface area contributed by atoms with Crippen molar-refractivity contribution in [2.75, 3.05) is 18.7 Å². The molecule has 1 aliphatic rings. The van der Waals surface area contributed by atoms with Crippen molar-refractivity contribution in [1.29, 1.82) is 0 Å². The van der Waals surface area contributed by atoms with Gasteiger partial charge < -0.3 is 4.74 Å². The van der Waals surface area contributed by atoms with Gasteiger partial charge in [0.05, 0.1) is 28.2 Å². The highest BCUT2D eigenvalue weighted by Crippen LogP contribution is 2.39. The number of nitro groups is 1. The summed E-state index contributed by atoms with van der Waals surface area (Å²) < 4.78 is 5.66. The SMILES string of the molecule is COc1ccc(N(CN2C(=O)c3ccccc3C2=O)C(=O)c2sc3cc([N+](=O)[O-])ccc3c2Cl)cc1. The molecule has 11 heteroatoms. The summed E-state index contributed by atoms with van der Waals surface area (Å²) in [6, 6.07) is 17.1. The number of methoxy groups -OCH3 is 1. The number of benzene rings is 3. The highest BCUT2D eigenvalue weighted by atomic mass is 35.5. The molecule has 4 aromatic rings. The molecule has 0 spiro atoms. The van der Waals surface area contributed by atoms with E-state index in [0.717, 1.165) is 16.2 Å². The Kier molecular flexibility index (Phi) is 5.91. The number of amides is 3. The van der Waals surface area contributed by atoms with E-state index in [4.69, 9.17) is 16.3 Å². The fourth-order valence-corrected chi connectivity index (χ4v) is 5.46. The Labute approximate surface area is 213 Å². The highest BCUT2D eigenvalue weighted by Gasteiger charge is 2.38. The second-order valence-corrected chi connectivity index (χ2v) is 9.27. The van der Waals surface area contributed by atoms with Crippen LogP contribution in [0.2, 0.25) is 5.02 Å². The van der Waals surface area contributed by atoms with E-state index in [1.165, 1.54) is 30.2 Å². The van der Waals surface area contributed by atoms with Gasteiger partial charge in [0.1, 0.15) is 17.3 Å². The normalized spacial score (nSPS) is 12.7. The minimum Gasteiger partial charge on any atom is -0.497 e. The number of carbonyl (C=O) groups is 3. The molecule has 0 bridgehead atoms. The number of imide groups is 1. The molecule has 0 fully saturated rings. The van der Waals surface area contributed by atoms with Gasteiger partial charge >= 0.3 is 0 Å². The molecule has 3 aromatic carbocycles. The lowest BCUT2D eigenvalue weighted by atomic mass is 10.1. The van der Waals surface area contributed by atoms with Gasteiger partial charge in [0, 0.05) is 27.9 Å². The monoisotopic (exact) mass is 521 g/mol. The van der Waals surface area contributed by atoms with Gasteiger partial charge in [-0.2, -0.15) is 0 Å². The summed E-state index contributed by atoms with van der Waals surface area (Å²) in [5.74, 6) is -1.04. The van der Waals surface area contributed by atoms with Gasteiger partial charge in [-0.3, -0.25) is 34.3 Å². The zero-order valence-corrected chi connectivity index (χ0v) is 20.2. The van der Waals surface area contributed by atoms with Crippen LogP contribution in [0.1, 0.15) is 30.4 Å². The second kappa shape index (κ2) is 9.06. The second-order valence-electron chi connectivity index (χ2n) is 7.84. The van der Waals surface area contributed by atoms with Crippen LogP contribution in [0.3, 0.4) is 0 Å². The molecule has 0 aliphatic carbocycles. The molecule has 3 amide bonds. The van der Waals surface area contributed by atoms with E-state index in [9.17, 15) is 24.5 Å². The summed E-state index contributed by atoms with van der Waals surface area (Å²) in [5.41, 5.74) is 0.794. The van der Waals surface area contributed by atoms with Gasteiger partial charge in [-0.1, -0.05) is 23.7 Å². The molecule has 180 valence electrons. The molecular formula is C25H16ClN3O6S. The largest absolute Gasteiger partial charge is 0.497 e. The zero-order valence-electron chi connectivity index (χ0n) is 18.6. The lowest BCUT2D eigenvalue weighted by molar-refractivity contribution is -0.384. The summed E-state index contributed by atoms with van der Waals surface area (Å²) in [7, 11) is 1.51. The maximum absolute atomic E-state index is 13.8. The fourth-order valence-electron chi connectivity index (χ4n) is 3.96. The smallest absolute Gasteiger partial charge is 0.271 e. The molecule has 0 N–H and O–H groups in total. The Bertz CT molecular complexity index is 1530. The number of anilines is 1. The molecule has 2 heterocycles. The highest BCUT2D eigenvalue weighted by molar-refractivity contribution is 7.21. The number of nitro benzene ring substituents is 1. The van der Waals surface area contributed by atoms with E-state index < -0.39 is 22.6 Å². The van der Waals surface area contributed by atoms with Gasteiger partial charge in [0.2, 0.25) is 0 Å². The summed E-state index contributed by atoms with van der Waals surface area (Å²) in [6.45, 7) is -0.359. The standard InChI is InChI=1S/C25H16ClN3O6S/c1-35-16-9-6-14(7-10-16)27(13-28-23(30)17-4-2-3-5-18(17)24(28)31)25(32)22-21(26)19-11-8-15(29(33)34)12-20(19)36-22/h2-12H,13H2,1H3. The van der Waals surface area contributed by atoms with Crippen LogP contribution in [0, 0.1) is 10.1 Å². The minimum atomic E-state index is -0.564. The van der Waals surface area contributed by atoms with Gasteiger partial charge in [0.15, 0.2) is 0 Å². The Hall–Kier alpha value is -4.28. The number of hydrogen-bond donors (Lipinski definition) is 0. The Morgan fingerprint density at radius 3 is 2.28 bits per heavy atom. The van der Waals surface area contributed by atoms with Crippen molar-refractivity contribution in [3.05, 3.63) is 97.9 Å². The van der Waals surface area contributed by atoms with Crippen molar-refractivity contribution in [2.45, 2.75) is 0 Å². The fraction of sp³-hybridized carbons (Fsp3) is 0.0800. The van der Waals surface area contributed by atoms with E-state index in [2.05, 4.69) is 0 Å². The molecule has 1 aromatic heterocycles. The average molecular weight is 522 g/mol. The molecule has 5 rings (SSSR count). The zero-order chi connectivity index (χ0) is 25.6. The van der Waals surface area contributed by atoms with E-state index in [-0.39, 0.29) is 33.4 Å². The maximum atomic E-state index is 13.8. The van der Waals surface area contributed by atoms with Crippen LogP contribution < -0.4 is 9.64 Å². The van der Waals surface area contributed by atoms with Crippen molar-refractivity contribution in [1.82, 2.24) is 4.90 Å². The molecule has 36 heavy (non-hydrogen) atoms. The van der Waals surface area contributed by atoms with E-state index in [1.54, 1.807) is 48.5 Å². The number of thiophene rings is 1. The number of nitrogens with zero attached hydrogens (tertiary/aromatic N) is 3. The van der Waals surface area contributed by atoms with Crippen LogP contribution in [0.5, 0.6) is 5.75 Å². The van der Waals surface area contributed by atoms with Crippen LogP contribution in [-0.4, -0.2) is 41.3 Å². The third kappa shape index (κ3) is 3.86. The lowest BCUT2D eigenvalue weighted by Crippen LogP contribution is -2.44. The van der Waals surface area contributed by atoms with E-state index >= 15 is 0 Å². The Morgan fingerprint density at radius 2 is 1.69 bits per heavy atom. The summed E-state index contributed by atoms with van der Waals surface area (Å²) >= 11 is 7.54. The van der Waals surface area contributed by atoms with Crippen molar-refractivity contribution in [3.8, 4) is 5.75 Å². The van der Waals surface area contributed by atoms with E-state index in [0.29, 0.717) is 21.5 Å². The number of carbonyl (C=O) groups excluding carboxylic acids is 3. The van der Waals surface area contributed by atoms with Crippen LogP contribution in [0.15, 0.2) is 66.7 Å². The first-order valence-corrected chi connectivity index (χ1v) is 11.8. The van der Waals surface area contributed by atoms with Crippen molar-refractivity contribution < 1.29 is 24.0 Å². The summed E-state index contributed by atoms with van der Waals surface area (Å²) in [4.78, 5) is 52.9. The molecular weight excluding hydrogens is 506 g/mol. The number of fused-ring (bicyclic) bond motifs is 2. The molecule has 1 aliphatic heterocycles. The van der Waals surface area contributed by atoms with Crippen LogP contribution in [-0.2, 0) is 0 Å². The van der Waals surface area contributed by atoms with E-state index in [1.807, 2.05) is 0 Å². The van der Waals surface area contributed by atoms with Gasteiger partial charge in [0.25, 0.3) is 23.4 Å². The maximum Gasteiger partial charge on any atom is 0.271 e.